The smallest absolute Gasteiger partial charge is 0.0101 e. The lowest BCUT2D eigenvalue weighted by molar-refractivity contribution is 0.344. The topological polar surface area (TPSA) is 0 Å². The first-order valence-corrected chi connectivity index (χ1v) is 9.69. The largest absolute Gasteiger partial charge is 0.173 e. The predicted octanol–water partition coefficient (Wildman–Crippen LogP) is 7.42. The normalized spacial score (nSPS) is 13.7. The average molecular weight is 301 g/mol. The third-order valence-corrected chi connectivity index (χ3v) is 4.93. The molecule has 0 amide bonds. The number of rotatable bonds is 14. The molecular formula is C19H40S. The fourth-order valence-corrected chi connectivity index (χ4v) is 3.27. The van der Waals surface area contributed by atoms with Crippen LogP contribution < -0.4 is 0 Å². The van der Waals surface area contributed by atoms with Crippen molar-refractivity contribution in [2.45, 2.75) is 116 Å². The molecule has 1 heteroatoms. The van der Waals surface area contributed by atoms with Crippen molar-refractivity contribution in [1.82, 2.24) is 0 Å². The number of hydrogen-bond donors (Lipinski definition) is 1. The Morgan fingerprint density at radius 2 is 1.00 bits per heavy atom. The van der Waals surface area contributed by atoms with Crippen molar-refractivity contribution in [3.8, 4) is 0 Å². The van der Waals surface area contributed by atoms with E-state index in [0.717, 1.165) is 5.92 Å². The summed E-state index contributed by atoms with van der Waals surface area (Å²) in [7, 11) is 0. The Kier molecular flexibility index (Phi) is 13.3. The highest BCUT2D eigenvalue weighted by Crippen LogP contribution is 2.33. The van der Waals surface area contributed by atoms with Crippen LogP contribution in [0.3, 0.4) is 0 Å². The lowest BCUT2D eigenvalue weighted by Crippen LogP contribution is -2.24. The molecule has 0 aliphatic heterocycles. The maximum atomic E-state index is 4.83. The van der Waals surface area contributed by atoms with E-state index in [1.807, 2.05) is 0 Å². The van der Waals surface area contributed by atoms with Gasteiger partial charge in [0.25, 0.3) is 0 Å². The summed E-state index contributed by atoms with van der Waals surface area (Å²) < 4.78 is 0.203. The van der Waals surface area contributed by atoms with Crippen molar-refractivity contribution in [2.24, 2.45) is 5.92 Å². The first kappa shape index (κ1) is 20.3. The fourth-order valence-electron chi connectivity index (χ4n) is 3.02. The Bertz CT molecular complexity index is 192. The van der Waals surface area contributed by atoms with E-state index in [9.17, 15) is 0 Å². The van der Waals surface area contributed by atoms with Crippen LogP contribution >= 0.6 is 12.6 Å². The molecule has 122 valence electrons. The van der Waals surface area contributed by atoms with Gasteiger partial charge in [0.15, 0.2) is 0 Å². The molecule has 0 bridgehead atoms. The molecule has 0 saturated carbocycles. The zero-order chi connectivity index (χ0) is 15.3. The van der Waals surface area contributed by atoms with Crippen LogP contribution in [0.4, 0.5) is 0 Å². The van der Waals surface area contributed by atoms with Crippen LogP contribution in [0.1, 0.15) is 111 Å². The van der Waals surface area contributed by atoms with Crippen LogP contribution in [0.2, 0.25) is 0 Å². The lowest BCUT2D eigenvalue weighted by Gasteiger charge is -2.30. The third kappa shape index (κ3) is 12.1. The lowest BCUT2D eigenvalue weighted by atomic mass is 9.85. The van der Waals surface area contributed by atoms with Gasteiger partial charge in [0.1, 0.15) is 0 Å². The maximum Gasteiger partial charge on any atom is 0.0101 e. The van der Waals surface area contributed by atoms with Crippen molar-refractivity contribution < 1.29 is 0 Å². The van der Waals surface area contributed by atoms with Gasteiger partial charge in [-0.3, -0.25) is 0 Å². The molecule has 0 aliphatic carbocycles. The highest BCUT2D eigenvalue weighted by Gasteiger charge is 2.24. The molecule has 20 heavy (non-hydrogen) atoms. The molecule has 0 fully saturated rings. The van der Waals surface area contributed by atoms with Crippen LogP contribution in [0, 0.1) is 5.92 Å². The molecule has 0 radical (unpaired) electrons. The molecule has 0 saturated heterocycles. The van der Waals surface area contributed by atoms with Crippen molar-refractivity contribution >= 4 is 12.6 Å². The Balaban J connectivity index is 3.64. The Morgan fingerprint density at radius 3 is 1.45 bits per heavy atom. The summed E-state index contributed by atoms with van der Waals surface area (Å²) in [5.41, 5.74) is 0. The van der Waals surface area contributed by atoms with Gasteiger partial charge < -0.3 is 0 Å². The van der Waals surface area contributed by atoms with E-state index >= 15 is 0 Å². The third-order valence-electron chi connectivity index (χ3n) is 4.56. The molecule has 0 N–H and O–H groups in total. The molecule has 0 rings (SSSR count). The highest BCUT2D eigenvalue weighted by atomic mass is 32.1. The highest BCUT2D eigenvalue weighted by molar-refractivity contribution is 7.81. The van der Waals surface area contributed by atoms with Gasteiger partial charge in [-0.15, -0.1) is 0 Å². The van der Waals surface area contributed by atoms with Crippen molar-refractivity contribution in [2.75, 3.05) is 0 Å². The summed E-state index contributed by atoms with van der Waals surface area (Å²) >= 11 is 4.83. The molecule has 0 aromatic rings. The molecule has 0 heterocycles. The Morgan fingerprint density at radius 1 is 0.650 bits per heavy atom. The van der Waals surface area contributed by atoms with E-state index in [2.05, 4.69) is 27.7 Å². The van der Waals surface area contributed by atoms with Crippen LogP contribution in [0.5, 0.6) is 0 Å². The molecule has 0 aromatic heterocycles. The summed E-state index contributed by atoms with van der Waals surface area (Å²) in [6.07, 6.45) is 18.3. The molecule has 0 aliphatic rings. The molecular weight excluding hydrogens is 260 g/mol. The van der Waals surface area contributed by atoms with Gasteiger partial charge in [-0.05, 0) is 18.8 Å². The van der Waals surface area contributed by atoms with Gasteiger partial charge in [0.2, 0.25) is 0 Å². The Labute approximate surface area is 134 Å². The van der Waals surface area contributed by atoms with E-state index in [1.54, 1.807) is 0 Å². The van der Waals surface area contributed by atoms with Crippen molar-refractivity contribution in [3.63, 3.8) is 0 Å². The van der Waals surface area contributed by atoms with Gasteiger partial charge in [0, 0.05) is 4.75 Å². The number of thiol groups is 1. The standard InChI is InChI=1S/C19H40S/c1-5-7-9-10-11-12-13-15-17-18(19(3,4)20)16-14-8-6-2/h18,20H,5-17H2,1-4H3. The van der Waals surface area contributed by atoms with Crippen molar-refractivity contribution in [1.29, 1.82) is 0 Å². The number of unbranched alkanes of at least 4 members (excludes halogenated alkanes) is 9. The zero-order valence-corrected chi connectivity index (χ0v) is 15.6. The van der Waals surface area contributed by atoms with Gasteiger partial charge in [0.05, 0.1) is 0 Å². The van der Waals surface area contributed by atoms with Gasteiger partial charge in [-0.1, -0.05) is 98.3 Å². The molecule has 1 unspecified atom stereocenters. The predicted molar refractivity (Wildman–Crippen MR) is 97.9 cm³/mol. The summed E-state index contributed by atoms with van der Waals surface area (Å²) in [5.74, 6) is 0.803. The molecule has 1 atom stereocenters. The summed E-state index contributed by atoms with van der Waals surface area (Å²) in [4.78, 5) is 0. The summed E-state index contributed by atoms with van der Waals surface area (Å²) in [6.45, 7) is 9.19. The molecule has 0 nitrogen and oxygen atoms in total. The fraction of sp³-hybridized carbons (Fsp3) is 1.00. The number of hydrogen-bond acceptors (Lipinski definition) is 1. The molecule has 0 spiro atoms. The second-order valence-electron chi connectivity index (χ2n) is 7.11. The van der Waals surface area contributed by atoms with Crippen LogP contribution in [0.25, 0.3) is 0 Å². The van der Waals surface area contributed by atoms with E-state index in [1.165, 1.54) is 83.5 Å². The second kappa shape index (κ2) is 13.0. The minimum atomic E-state index is 0.203. The quantitative estimate of drug-likeness (QED) is 0.250. The molecule has 0 aromatic carbocycles. The van der Waals surface area contributed by atoms with Gasteiger partial charge in [-0.25, -0.2) is 0 Å². The second-order valence-corrected chi connectivity index (χ2v) is 8.26. The van der Waals surface area contributed by atoms with Crippen LogP contribution in [-0.2, 0) is 0 Å². The summed E-state index contributed by atoms with van der Waals surface area (Å²) in [6, 6.07) is 0. The van der Waals surface area contributed by atoms with E-state index in [4.69, 9.17) is 12.6 Å². The minimum Gasteiger partial charge on any atom is -0.173 e. The van der Waals surface area contributed by atoms with Crippen LogP contribution in [-0.4, -0.2) is 4.75 Å². The van der Waals surface area contributed by atoms with E-state index in [-0.39, 0.29) is 4.75 Å². The first-order chi connectivity index (χ1) is 9.52. The van der Waals surface area contributed by atoms with E-state index < -0.39 is 0 Å². The van der Waals surface area contributed by atoms with Crippen molar-refractivity contribution in [3.05, 3.63) is 0 Å². The van der Waals surface area contributed by atoms with E-state index in [0.29, 0.717) is 0 Å². The van der Waals surface area contributed by atoms with Crippen LogP contribution in [0.15, 0.2) is 0 Å². The average Bonchev–Trinajstić information content (AvgIpc) is 2.38. The van der Waals surface area contributed by atoms with Gasteiger partial charge >= 0.3 is 0 Å². The van der Waals surface area contributed by atoms with Gasteiger partial charge in [-0.2, -0.15) is 12.6 Å². The maximum absolute atomic E-state index is 4.83. The SMILES string of the molecule is CCCCCCCCCCC(CCCCC)C(C)(C)S. The Hall–Kier alpha value is 0.350. The monoisotopic (exact) mass is 300 g/mol. The zero-order valence-electron chi connectivity index (χ0n) is 14.7. The minimum absolute atomic E-state index is 0.203. The summed E-state index contributed by atoms with van der Waals surface area (Å²) in [5, 5.41) is 0. The first-order valence-electron chi connectivity index (χ1n) is 9.24.